The average molecular weight is 283 g/mol. The predicted molar refractivity (Wildman–Crippen MR) is 77.1 cm³/mol. The second kappa shape index (κ2) is 6.34. The van der Waals surface area contributed by atoms with Crippen molar-refractivity contribution >= 4 is 15.5 Å². The van der Waals surface area contributed by atoms with Crippen LogP contribution in [0.15, 0.2) is 18.5 Å². The first-order valence-corrected chi connectivity index (χ1v) is 8.53. The van der Waals surface area contributed by atoms with E-state index >= 15 is 0 Å². The minimum atomic E-state index is -2.84. The Kier molecular flexibility index (Phi) is 4.76. The number of nitrogens with zero attached hydrogens (tertiary/aromatic N) is 2. The molecule has 1 saturated heterocycles. The standard InChI is InChI=1S/C13H21N3O2S/c1-2-4-14-10-12-3-5-15-11-13(12)16-6-8-19(17,18)9-7-16/h3,5,11,14H,2,4,6-10H2,1H3. The van der Waals surface area contributed by atoms with E-state index < -0.39 is 9.84 Å². The largest absolute Gasteiger partial charge is 0.368 e. The van der Waals surface area contributed by atoms with Crippen molar-refractivity contribution in [2.24, 2.45) is 0 Å². The molecule has 6 heteroatoms. The first kappa shape index (κ1) is 14.3. The summed E-state index contributed by atoms with van der Waals surface area (Å²) in [6.45, 7) is 5.05. The number of pyridine rings is 1. The third-order valence-corrected chi connectivity index (χ3v) is 4.92. The lowest BCUT2D eigenvalue weighted by atomic mass is 10.2. The number of nitrogens with one attached hydrogen (secondary N) is 1. The number of aromatic nitrogens is 1. The summed E-state index contributed by atoms with van der Waals surface area (Å²) in [5.41, 5.74) is 2.24. The minimum Gasteiger partial charge on any atom is -0.368 e. The van der Waals surface area contributed by atoms with Gasteiger partial charge in [0.15, 0.2) is 9.84 Å². The van der Waals surface area contributed by atoms with Gasteiger partial charge in [0.2, 0.25) is 0 Å². The molecule has 0 saturated carbocycles. The molecule has 1 aromatic heterocycles. The zero-order chi connectivity index (χ0) is 13.7. The van der Waals surface area contributed by atoms with E-state index in [4.69, 9.17) is 0 Å². The van der Waals surface area contributed by atoms with Crippen LogP contribution in [-0.2, 0) is 16.4 Å². The molecule has 0 bridgehead atoms. The van der Waals surface area contributed by atoms with Gasteiger partial charge in [-0.25, -0.2) is 8.42 Å². The Bertz CT molecular complexity index is 502. The Morgan fingerprint density at radius 3 is 2.79 bits per heavy atom. The summed E-state index contributed by atoms with van der Waals surface area (Å²) < 4.78 is 22.9. The molecule has 2 rings (SSSR count). The molecule has 0 amide bonds. The van der Waals surface area contributed by atoms with Gasteiger partial charge in [-0.3, -0.25) is 4.98 Å². The third-order valence-electron chi connectivity index (χ3n) is 3.31. The molecule has 0 unspecified atom stereocenters. The summed E-state index contributed by atoms with van der Waals surface area (Å²) in [5.74, 6) is 0.480. The van der Waals surface area contributed by atoms with Crippen LogP contribution in [-0.4, -0.2) is 44.5 Å². The van der Waals surface area contributed by atoms with Crippen LogP contribution >= 0.6 is 0 Å². The van der Waals surface area contributed by atoms with Gasteiger partial charge in [0.25, 0.3) is 0 Å². The lowest BCUT2D eigenvalue weighted by molar-refractivity contribution is 0.586. The van der Waals surface area contributed by atoms with Crippen LogP contribution in [0.2, 0.25) is 0 Å². The molecule has 0 radical (unpaired) electrons. The van der Waals surface area contributed by atoms with E-state index in [1.54, 1.807) is 6.20 Å². The fourth-order valence-corrected chi connectivity index (χ4v) is 3.40. The fourth-order valence-electron chi connectivity index (χ4n) is 2.20. The van der Waals surface area contributed by atoms with Crippen molar-refractivity contribution in [3.63, 3.8) is 0 Å². The molecule has 2 heterocycles. The summed E-state index contributed by atoms with van der Waals surface area (Å²) in [4.78, 5) is 6.29. The molecule has 1 N–H and O–H groups in total. The summed E-state index contributed by atoms with van der Waals surface area (Å²) in [5, 5.41) is 3.37. The molecule has 0 aliphatic carbocycles. The molecule has 0 spiro atoms. The van der Waals surface area contributed by atoms with Gasteiger partial charge in [0.05, 0.1) is 23.4 Å². The van der Waals surface area contributed by atoms with Crippen LogP contribution in [0.25, 0.3) is 0 Å². The van der Waals surface area contributed by atoms with Gasteiger partial charge < -0.3 is 10.2 Å². The van der Waals surface area contributed by atoms with Gasteiger partial charge >= 0.3 is 0 Å². The van der Waals surface area contributed by atoms with Crippen molar-refractivity contribution in [1.29, 1.82) is 0 Å². The fraction of sp³-hybridized carbons (Fsp3) is 0.615. The molecular formula is C13H21N3O2S. The number of anilines is 1. The lowest BCUT2D eigenvalue weighted by Gasteiger charge is -2.30. The van der Waals surface area contributed by atoms with Gasteiger partial charge in [0.1, 0.15) is 0 Å². The third kappa shape index (κ3) is 3.91. The number of sulfone groups is 1. The van der Waals surface area contributed by atoms with Crippen LogP contribution in [0, 0.1) is 0 Å². The summed E-state index contributed by atoms with van der Waals surface area (Å²) >= 11 is 0. The molecule has 1 aliphatic heterocycles. The molecular weight excluding hydrogens is 262 g/mol. The highest BCUT2D eigenvalue weighted by atomic mass is 32.2. The maximum Gasteiger partial charge on any atom is 0.153 e. The van der Waals surface area contributed by atoms with E-state index in [0.717, 1.165) is 25.2 Å². The highest BCUT2D eigenvalue weighted by molar-refractivity contribution is 7.91. The van der Waals surface area contributed by atoms with E-state index in [1.165, 1.54) is 5.56 Å². The Morgan fingerprint density at radius 2 is 2.11 bits per heavy atom. The Hall–Kier alpha value is -1.14. The monoisotopic (exact) mass is 283 g/mol. The normalized spacial score (nSPS) is 18.5. The van der Waals surface area contributed by atoms with Crippen molar-refractivity contribution in [1.82, 2.24) is 10.3 Å². The molecule has 0 aromatic carbocycles. The van der Waals surface area contributed by atoms with Crippen LogP contribution in [0.1, 0.15) is 18.9 Å². The van der Waals surface area contributed by atoms with E-state index in [-0.39, 0.29) is 11.5 Å². The van der Waals surface area contributed by atoms with E-state index in [0.29, 0.717) is 13.1 Å². The van der Waals surface area contributed by atoms with Crippen molar-refractivity contribution < 1.29 is 8.42 Å². The number of hydrogen-bond donors (Lipinski definition) is 1. The minimum absolute atomic E-state index is 0.240. The second-order valence-corrected chi connectivity index (χ2v) is 7.12. The van der Waals surface area contributed by atoms with Crippen LogP contribution in [0.4, 0.5) is 5.69 Å². The Balaban J connectivity index is 2.07. The van der Waals surface area contributed by atoms with Gasteiger partial charge in [-0.2, -0.15) is 0 Å². The Morgan fingerprint density at radius 1 is 1.37 bits per heavy atom. The lowest BCUT2D eigenvalue weighted by Crippen LogP contribution is -2.41. The maximum atomic E-state index is 11.5. The highest BCUT2D eigenvalue weighted by Crippen LogP contribution is 2.21. The second-order valence-electron chi connectivity index (χ2n) is 4.82. The van der Waals surface area contributed by atoms with Gasteiger partial charge in [-0.05, 0) is 24.6 Å². The van der Waals surface area contributed by atoms with Gasteiger partial charge in [-0.1, -0.05) is 6.92 Å². The number of hydrogen-bond acceptors (Lipinski definition) is 5. The topological polar surface area (TPSA) is 62.3 Å². The van der Waals surface area contributed by atoms with Crippen molar-refractivity contribution in [3.05, 3.63) is 24.0 Å². The summed E-state index contributed by atoms with van der Waals surface area (Å²) in [6.07, 6.45) is 4.72. The molecule has 1 aliphatic rings. The predicted octanol–water partition coefficient (Wildman–Crippen LogP) is 0.816. The summed E-state index contributed by atoms with van der Waals surface area (Å²) in [7, 11) is -2.84. The SMILES string of the molecule is CCCNCc1ccncc1N1CCS(=O)(=O)CC1. The van der Waals surface area contributed by atoms with E-state index in [1.807, 2.05) is 12.3 Å². The van der Waals surface area contributed by atoms with Crippen LogP contribution < -0.4 is 10.2 Å². The van der Waals surface area contributed by atoms with Gasteiger partial charge in [0, 0.05) is 25.8 Å². The first-order valence-electron chi connectivity index (χ1n) is 6.71. The van der Waals surface area contributed by atoms with Crippen molar-refractivity contribution in [2.45, 2.75) is 19.9 Å². The van der Waals surface area contributed by atoms with E-state index in [2.05, 4.69) is 22.1 Å². The van der Waals surface area contributed by atoms with Gasteiger partial charge in [-0.15, -0.1) is 0 Å². The average Bonchev–Trinajstić information content (AvgIpc) is 2.40. The summed E-state index contributed by atoms with van der Waals surface area (Å²) in [6, 6.07) is 2.00. The molecule has 0 atom stereocenters. The molecule has 5 nitrogen and oxygen atoms in total. The zero-order valence-corrected chi connectivity index (χ0v) is 12.1. The molecule has 19 heavy (non-hydrogen) atoms. The van der Waals surface area contributed by atoms with Crippen molar-refractivity contribution in [3.8, 4) is 0 Å². The zero-order valence-electron chi connectivity index (χ0n) is 11.3. The van der Waals surface area contributed by atoms with Crippen molar-refractivity contribution in [2.75, 3.05) is 36.0 Å². The number of rotatable bonds is 5. The van der Waals surface area contributed by atoms with Crippen LogP contribution in [0.5, 0.6) is 0 Å². The maximum absolute atomic E-state index is 11.5. The van der Waals surface area contributed by atoms with Crippen LogP contribution in [0.3, 0.4) is 0 Å². The highest BCUT2D eigenvalue weighted by Gasteiger charge is 2.23. The molecule has 1 aromatic rings. The molecule has 106 valence electrons. The molecule has 1 fully saturated rings. The first-order chi connectivity index (χ1) is 9.12. The quantitative estimate of drug-likeness (QED) is 0.811. The van der Waals surface area contributed by atoms with E-state index in [9.17, 15) is 8.42 Å². The Labute approximate surface area is 114 Å². The smallest absolute Gasteiger partial charge is 0.153 e.